The number of hydrogen-bond donors (Lipinski definition) is 1. The van der Waals surface area contributed by atoms with E-state index in [2.05, 4.69) is 59.2 Å². The van der Waals surface area contributed by atoms with Crippen LogP contribution in [0.3, 0.4) is 0 Å². The van der Waals surface area contributed by atoms with Crippen molar-refractivity contribution in [3.8, 4) is 0 Å². The highest BCUT2D eigenvalue weighted by Crippen LogP contribution is 2.31. The third-order valence-corrected chi connectivity index (χ3v) is 5.90. The Labute approximate surface area is 162 Å². The summed E-state index contributed by atoms with van der Waals surface area (Å²) in [4.78, 5) is 2.55. The Morgan fingerprint density at radius 3 is 2.23 bits per heavy atom. The molecule has 1 aromatic heterocycles. The number of nitrogens with one attached hydrogen (secondary N) is 1. The van der Waals surface area contributed by atoms with E-state index in [1.165, 1.54) is 26.9 Å². The molecule has 3 aromatic rings. The van der Waals surface area contributed by atoms with Crippen molar-refractivity contribution in [2.75, 3.05) is 0 Å². The standard InChI is InChI=1S/C21H16BClN2S/c23-18(10-5-6-14-24)19-11-7-15-25(19)22-16-8-1-3-12-20(16)26-21-13-4-2-9-17(21)22/h1-15,24H/b6-5-,18-10-,24-14?. The van der Waals surface area contributed by atoms with Crippen molar-refractivity contribution in [1.82, 2.24) is 4.48 Å². The first-order valence-electron chi connectivity index (χ1n) is 8.35. The summed E-state index contributed by atoms with van der Waals surface area (Å²) in [6.07, 6.45) is 8.58. The maximum absolute atomic E-state index is 7.09. The van der Waals surface area contributed by atoms with Gasteiger partial charge < -0.3 is 9.89 Å². The molecule has 26 heavy (non-hydrogen) atoms. The van der Waals surface area contributed by atoms with Crippen LogP contribution < -0.4 is 10.9 Å². The van der Waals surface area contributed by atoms with Crippen molar-refractivity contribution in [2.24, 2.45) is 0 Å². The molecule has 0 saturated heterocycles. The van der Waals surface area contributed by atoms with Crippen molar-refractivity contribution in [3.05, 3.63) is 90.8 Å². The minimum atomic E-state index is 0.0857. The van der Waals surface area contributed by atoms with Gasteiger partial charge in [0.1, 0.15) is 0 Å². The van der Waals surface area contributed by atoms with Gasteiger partial charge in [0.2, 0.25) is 0 Å². The van der Waals surface area contributed by atoms with E-state index in [1.54, 1.807) is 12.2 Å². The van der Waals surface area contributed by atoms with Crippen LogP contribution in [0, 0.1) is 5.41 Å². The summed E-state index contributed by atoms with van der Waals surface area (Å²) in [7, 11) is 0. The zero-order valence-electron chi connectivity index (χ0n) is 14.0. The highest BCUT2D eigenvalue weighted by atomic mass is 35.5. The molecule has 2 nitrogen and oxygen atoms in total. The third-order valence-electron chi connectivity index (χ3n) is 4.40. The van der Waals surface area contributed by atoms with E-state index in [4.69, 9.17) is 17.0 Å². The van der Waals surface area contributed by atoms with E-state index in [0.29, 0.717) is 5.03 Å². The van der Waals surface area contributed by atoms with E-state index in [-0.39, 0.29) is 6.85 Å². The predicted molar refractivity (Wildman–Crippen MR) is 114 cm³/mol. The third kappa shape index (κ3) is 3.07. The number of halogens is 1. The highest BCUT2D eigenvalue weighted by Gasteiger charge is 2.32. The first kappa shape index (κ1) is 17.0. The molecule has 1 aliphatic rings. The van der Waals surface area contributed by atoms with Gasteiger partial charge in [0, 0.05) is 21.7 Å². The Morgan fingerprint density at radius 2 is 1.58 bits per heavy atom. The average Bonchev–Trinajstić information content (AvgIpc) is 3.15. The van der Waals surface area contributed by atoms with Crippen LogP contribution in [0.25, 0.3) is 5.03 Å². The van der Waals surface area contributed by atoms with Crippen molar-refractivity contribution in [3.63, 3.8) is 0 Å². The molecule has 0 amide bonds. The van der Waals surface area contributed by atoms with Crippen LogP contribution in [0.15, 0.2) is 94.9 Å². The number of fused-ring (bicyclic) bond motifs is 2. The SMILES string of the molecule is N=C/C=C\C=C(/Cl)c1cccn1B1c2ccccc2Sc2ccccc21. The number of nitrogens with zero attached hydrogens (tertiary/aromatic N) is 1. The maximum Gasteiger partial charge on any atom is 0.330 e. The second-order valence-electron chi connectivity index (χ2n) is 5.95. The normalized spacial score (nSPS) is 13.6. The van der Waals surface area contributed by atoms with Gasteiger partial charge in [-0.25, -0.2) is 0 Å². The molecular weight excluding hydrogens is 359 g/mol. The van der Waals surface area contributed by atoms with Gasteiger partial charge in [0.25, 0.3) is 0 Å². The Kier molecular flexibility index (Phi) is 4.87. The second kappa shape index (κ2) is 7.44. The molecule has 0 radical (unpaired) electrons. The minimum absolute atomic E-state index is 0.0857. The van der Waals surface area contributed by atoms with E-state index < -0.39 is 0 Å². The first-order chi connectivity index (χ1) is 12.8. The van der Waals surface area contributed by atoms with Gasteiger partial charge in [-0.1, -0.05) is 65.8 Å². The Hall–Kier alpha value is -2.43. The van der Waals surface area contributed by atoms with Gasteiger partial charge in [-0.05, 0) is 53.5 Å². The molecule has 0 aliphatic carbocycles. The molecule has 2 heterocycles. The summed E-state index contributed by atoms with van der Waals surface area (Å²) >= 11 is 8.39. The summed E-state index contributed by atoms with van der Waals surface area (Å²) in [5.74, 6) is 0. The molecule has 1 N–H and O–H groups in total. The van der Waals surface area contributed by atoms with E-state index in [0.717, 1.165) is 5.69 Å². The molecule has 0 spiro atoms. The number of benzene rings is 2. The monoisotopic (exact) mass is 374 g/mol. The number of rotatable bonds is 4. The molecular formula is C21H16BClN2S. The molecule has 2 aromatic carbocycles. The van der Waals surface area contributed by atoms with E-state index in [9.17, 15) is 0 Å². The summed E-state index contributed by atoms with van der Waals surface area (Å²) in [5, 5.41) is 7.75. The lowest BCUT2D eigenvalue weighted by atomic mass is 9.50. The number of allylic oxidation sites excluding steroid dienone is 3. The molecule has 0 saturated carbocycles. The summed E-state index contributed by atoms with van der Waals surface area (Å²) in [6.45, 7) is 0.0857. The lowest BCUT2D eigenvalue weighted by Crippen LogP contribution is -2.52. The summed E-state index contributed by atoms with van der Waals surface area (Å²) in [5.41, 5.74) is 3.53. The molecule has 0 fully saturated rings. The molecule has 126 valence electrons. The Balaban J connectivity index is 1.87. The average molecular weight is 375 g/mol. The van der Waals surface area contributed by atoms with Gasteiger partial charge in [0.15, 0.2) is 0 Å². The maximum atomic E-state index is 7.09. The van der Waals surface area contributed by atoms with Crippen molar-refractivity contribution in [1.29, 1.82) is 5.41 Å². The topological polar surface area (TPSA) is 28.8 Å². The number of hydrogen-bond acceptors (Lipinski definition) is 2. The minimum Gasteiger partial charge on any atom is -0.382 e. The zero-order valence-corrected chi connectivity index (χ0v) is 15.5. The lowest BCUT2D eigenvalue weighted by molar-refractivity contribution is 1.18. The highest BCUT2D eigenvalue weighted by molar-refractivity contribution is 8.00. The predicted octanol–water partition coefficient (Wildman–Crippen LogP) is 4.39. The lowest BCUT2D eigenvalue weighted by Gasteiger charge is -2.27. The second-order valence-corrected chi connectivity index (χ2v) is 7.44. The van der Waals surface area contributed by atoms with Crippen molar-refractivity contribution in [2.45, 2.75) is 9.79 Å². The van der Waals surface area contributed by atoms with Crippen LogP contribution >= 0.6 is 23.4 Å². The van der Waals surface area contributed by atoms with E-state index >= 15 is 0 Å². The number of aromatic nitrogens is 1. The first-order valence-corrected chi connectivity index (χ1v) is 9.55. The Morgan fingerprint density at radius 1 is 0.923 bits per heavy atom. The van der Waals surface area contributed by atoms with Crippen LogP contribution in [0.2, 0.25) is 0 Å². The largest absolute Gasteiger partial charge is 0.382 e. The van der Waals surface area contributed by atoms with Gasteiger partial charge in [-0.15, -0.1) is 0 Å². The molecule has 5 heteroatoms. The van der Waals surface area contributed by atoms with Crippen LogP contribution in [0.5, 0.6) is 0 Å². The summed E-state index contributed by atoms with van der Waals surface area (Å²) < 4.78 is 2.23. The smallest absolute Gasteiger partial charge is 0.330 e. The molecule has 4 rings (SSSR count). The summed E-state index contributed by atoms with van der Waals surface area (Å²) in [6, 6.07) is 21.2. The van der Waals surface area contributed by atoms with Gasteiger partial charge in [0.05, 0.1) is 5.03 Å². The van der Waals surface area contributed by atoms with Crippen LogP contribution in [-0.2, 0) is 0 Å². The fraction of sp³-hybridized carbons (Fsp3) is 0. The molecule has 0 unspecified atom stereocenters. The Bertz CT molecular complexity index is 977. The van der Waals surface area contributed by atoms with E-state index in [1.807, 2.05) is 30.0 Å². The van der Waals surface area contributed by atoms with Gasteiger partial charge >= 0.3 is 6.85 Å². The zero-order chi connectivity index (χ0) is 17.9. The van der Waals surface area contributed by atoms with Gasteiger partial charge in [-0.3, -0.25) is 0 Å². The van der Waals surface area contributed by atoms with Crippen LogP contribution in [0.4, 0.5) is 0 Å². The van der Waals surface area contributed by atoms with Crippen molar-refractivity contribution < 1.29 is 0 Å². The van der Waals surface area contributed by atoms with Gasteiger partial charge in [-0.2, -0.15) is 0 Å². The van der Waals surface area contributed by atoms with Crippen molar-refractivity contribution >= 4 is 52.4 Å². The molecule has 1 aliphatic heterocycles. The quantitative estimate of drug-likeness (QED) is 0.320. The van der Waals surface area contributed by atoms with Crippen LogP contribution in [-0.4, -0.2) is 17.5 Å². The molecule has 0 atom stereocenters. The molecule has 0 bridgehead atoms. The fourth-order valence-corrected chi connectivity index (χ4v) is 4.65. The van der Waals surface area contributed by atoms with Crippen LogP contribution in [0.1, 0.15) is 5.69 Å². The fourth-order valence-electron chi connectivity index (χ4n) is 3.29.